The Labute approximate surface area is 262 Å². The molecule has 1 aliphatic carbocycles. The quantitative estimate of drug-likeness (QED) is 0.158. The first-order valence-electron chi connectivity index (χ1n) is 14.5. The molecule has 1 heterocycles. The standard InChI is InChI=1S/C33H36F6O7/c1-21(45-26(40)30(42-4,32(34,35)36)22-12-8-6-9-13-22)16-17-25-28(2)18-24(19-29(25,3)44-20-28)46-27(41)31(43-5,33(37,38)39)23-14-10-7-11-15-23/h6-17,21,24-25H,18-20H2,1-5H3/b17-16+/t21-,24+,25+,28+,29-,30+,31+/m1/s1. The van der Waals surface area contributed by atoms with Gasteiger partial charge in [-0.1, -0.05) is 73.7 Å². The number of hydrogen-bond donors (Lipinski definition) is 0. The first kappa shape index (κ1) is 35.4. The molecule has 0 unspecified atom stereocenters. The Morgan fingerprint density at radius 1 is 0.826 bits per heavy atom. The molecule has 46 heavy (non-hydrogen) atoms. The molecule has 2 fully saturated rings. The molecule has 2 aliphatic rings. The Balaban J connectivity index is 1.52. The van der Waals surface area contributed by atoms with Gasteiger partial charge >= 0.3 is 24.3 Å². The van der Waals surface area contributed by atoms with Crippen molar-refractivity contribution in [3.8, 4) is 0 Å². The summed E-state index contributed by atoms with van der Waals surface area (Å²) < 4.78 is 112. The summed E-state index contributed by atoms with van der Waals surface area (Å²) in [5.41, 5.74) is -9.34. The third kappa shape index (κ3) is 6.04. The van der Waals surface area contributed by atoms with Gasteiger partial charge in [0, 0.05) is 43.1 Å². The molecule has 13 heteroatoms. The molecule has 1 aliphatic heterocycles. The predicted molar refractivity (Wildman–Crippen MR) is 152 cm³/mol. The molecule has 2 aromatic carbocycles. The van der Waals surface area contributed by atoms with Crippen LogP contribution in [-0.4, -0.2) is 62.9 Å². The van der Waals surface area contributed by atoms with Crippen molar-refractivity contribution < 1.29 is 59.6 Å². The molecule has 0 radical (unpaired) electrons. The summed E-state index contributed by atoms with van der Waals surface area (Å²) in [5, 5.41) is 0. The van der Waals surface area contributed by atoms with E-state index in [0.29, 0.717) is 0 Å². The van der Waals surface area contributed by atoms with Gasteiger partial charge in [0.2, 0.25) is 0 Å². The van der Waals surface area contributed by atoms with Gasteiger partial charge in [-0.15, -0.1) is 0 Å². The van der Waals surface area contributed by atoms with Gasteiger partial charge < -0.3 is 23.7 Å². The van der Waals surface area contributed by atoms with Crippen LogP contribution >= 0.6 is 0 Å². The van der Waals surface area contributed by atoms with Crippen molar-refractivity contribution in [2.24, 2.45) is 11.3 Å². The molecule has 7 atom stereocenters. The number of hydrogen-bond acceptors (Lipinski definition) is 7. The molecule has 0 aromatic heterocycles. The van der Waals surface area contributed by atoms with E-state index in [9.17, 15) is 35.9 Å². The third-order valence-corrected chi connectivity index (χ3v) is 8.95. The SMILES string of the molecule is CO[C@](C(=O)O[C@H]1C[C@@]2(C)CO[C@](C)(C1)[C@H]2/C=C/[C@@H](C)OC(=O)[C@@](OC)(c1ccccc1)C(F)(F)F)(c1ccccc1)C(F)(F)F. The van der Waals surface area contributed by atoms with Crippen molar-refractivity contribution in [3.63, 3.8) is 0 Å². The lowest BCUT2D eigenvalue weighted by Gasteiger charge is -2.44. The number of carbonyl (C=O) groups is 2. The second-order valence-corrected chi connectivity index (χ2v) is 12.2. The van der Waals surface area contributed by atoms with Gasteiger partial charge in [-0.05, 0) is 26.3 Å². The number of rotatable bonds is 10. The second-order valence-electron chi connectivity index (χ2n) is 12.2. The molecule has 252 valence electrons. The highest BCUT2D eigenvalue weighted by Crippen LogP contribution is 2.56. The van der Waals surface area contributed by atoms with Gasteiger partial charge in [-0.2, -0.15) is 26.3 Å². The molecular weight excluding hydrogens is 622 g/mol. The third-order valence-electron chi connectivity index (χ3n) is 8.95. The average molecular weight is 659 g/mol. The molecule has 4 rings (SSSR count). The number of carbonyl (C=O) groups excluding carboxylic acids is 2. The minimum absolute atomic E-state index is 0.0266. The summed E-state index contributed by atoms with van der Waals surface area (Å²) >= 11 is 0. The van der Waals surface area contributed by atoms with Crippen molar-refractivity contribution in [1.29, 1.82) is 0 Å². The highest BCUT2D eigenvalue weighted by atomic mass is 19.4. The first-order valence-corrected chi connectivity index (χ1v) is 14.5. The molecule has 0 spiro atoms. The first-order chi connectivity index (χ1) is 21.4. The largest absolute Gasteiger partial charge is 0.460 e. The van der Waals surface area contributed by atoms with E-state index >= 15 is 0 Å². The minimum atomic E-state index is -5.14. The summed E-state index contributed by atoms with van der Waals surface area (Å²) in [6, 6.07) is 12.9. The number of benzene rings is 2. The van der Waals surface area contributed by atoms with Gasteiger partial charge in [0.15, 0.2) is 0 Å². The van der Waals surface area contributed by atoms with E-state index in [2.05, 4.69) is 0 Å². The number of esters is 2. The summed E-state index contributed by atoms with van der Waals surface area (Å²) in [7, 11) is 1.56. The number of fused-ring (bicyclic) bond motifs is 2. The zero-order valence-electron chi connectivity index (χ0n) is 25.9. The molecule has 0 amide bonds. The van der Waals surface area contributed by atoms with E-state index in [1.165, 1.54) is 49.4 Å². The summed E-state index contributed by atoms with van der Waals surface area (Å²) in [6.45, 7) is 5.08. The summed E-state index contributed by atoms with van der Waals surface area (Å²) in [6.07, 6.45) is -9.13. The molecule has 0 N–H and O–H groups in total. The Hall–Kier alpha value is -3.42. The molecular formula is C33H36F6O7. The summed E-state index contributed by atoms with van der Waals surface area (Å²) in [4.78, 5) is 26.3. The zero-order chi connectivity index (χ0) is 34.2. The Morgan fingerprint density at radius 2 is 1.30 bits per heavy atom. The maximum atomic E-state index is 14.4. The summed E-state index contributed by atoms with van der Waals surface area (Å²) in [5.74, 6) is -3.67. The van der Waals surface area contributed by atoms with Crippen molar-refractivity contribution in [2.45, 2.75) is 75.0 Å². The molecule has 1 saturated carbocycles. The lowest BCUT2D eigenvalue weighted by Crippen LogP contribution is -2.54. The van der Waals surface area contributed by atoms with Crippen LogP contribution in [0.2, 0.25) is 0 Å². The van der Waals surface area contributed by atoms with Gasteiger partial charge in [-0.3, -0.25) is 0 Å². The Bertz CT molecular complexity index is 1400. The predicted octanol–water partition coefficient (Wildman–Crippen LogP) is 6.80. The molecule has 1 saturated heterocycles. The molecule has 2 bridgehead atoms. The van der Waals surface area contributed by atoms with E-state index in [1.54, 1.807) is 13.0 Å². The smallest absolute Gasteiger partial charge is 0.432 e. The van der Waals surface area contributed by atoms with Gasteiger partial charge in [-0.25, -0.2) is 9.59 Å². The van der Waals surface area contributed by atoms with Crippen LogP contribution in [0.25, 0.3) is 0 Å². The molecule has 2 aromatic rings. The fraction of sp³-hybridized carbons (Fsp3) is 0.515. The highest BCUT2D eigenvalue weighted by molar-refractivity contribution is 5.83. The van der Waals surface area contributed by atoms with Crippen molar-refractivity contribution in [1.82, 2.24) is 0 Å². The minimum Gasteiger partial charge on any atom is -0.460 e. The second kappa shape index (κ2) is 12.6. The highest BCUT2D eigenvalue weighted by Gasteiger charge is 2.66. The Morgan fingerprint density at radius 3 is 1.74 bits per heavy atom. The lowest BCUT2D eigenvalue weighted by atomic mass is 9.62. The fourth-order valence-corrected chi connectivity index (χ4v) is 6.75. The van der Waals surface area contributed by atoms with Gasteiger partial charge in [0.25, 0.3) is 11.2 Å². The van der Waals surface area contributed by atoms with E-state index < -0.39 is 75.8 Å². The maximum absolute atomic E-state index is 14.4. The van der Waals surface area contributed by atoms with E-state index in [-0.39, 0.29) is 19.4 Å². The average Bonchev–Trinajstić information content (AvgIpc) is 3.12. The van der Waals surface area contributed by atoms with Crippen LogP contribution in [0.4, 0.5) is 26.3 Å². The van der Waals surface area contributed by atoms with E-state index in [4.69, 9.17) is 23.7 Å². The molecule has 7 nitrogen and oxygen atoms in total. The van der Waals surface area contributed by atoms with Gasteiger partial charge in [0.05, 0.1) is 12.2 Å². The van der Waals surface area contributed by atoms with Crippen LogP contribution in [0.15, 0.2) is 72.8 Å². The van der Waals surface area contributed by atoms with E-state index in [1.807, 2.05) is 6.92 Å². The lowest BCUT2D eigenvalue weighted by molar-refractivity contribution is -0.279. The van der Waals surface area contributed by atoms with Crippen LogP contribution in [-0.2, 0) is 44.5 Å². The topological polar surface area (TPSA) is 80.3 Å². The van der Waals surface area contributed by atoms with Gasteiger partial charge in [0.1, 0.15) is 12.2 Å². The van der Waals surface area contributed by atoms with Crippen LogP contribution < -0.4 is 0 Å². The van der Waals surface area contributed by atoms with Crippen LogP contribution in [0.3, 0.4) is 0 Å². The van der Waals surface area contributed by atoms with Crippen LogP contribution in [0.5, 0.6) is 0 Å². The van der Waals surface area contributed by atoms with E-state index in [0.717, 1.165) is 38.5 Å². The normalized spacial score (nSPS) is 28.2. The number of ether oxygens (including phenoxy) is 5. The zero-order valence-corrected chi connectivity index (χ0v) is 25.9. The Kier molecular flexibility index (Phi) is 9.74. The number of alkyl halides is 6. The van der Waals surface area contributed by atoms with Crippen molar-refractivity contribution in [2.75, 3.05) is 20.8 Å². The van der Waals surface area contributed by atoms with Crippen molar-refractivity contribution in [3.05, 3.63) is 83.9 Å². The van der Waals surface area contributed by atoms with Crippen molar-refractivity contribution >= 4 is 11.9 Å². The van der Waals surface area contributed by atoms with Crippen LogP contribution in [0.1, 0.15) is 44.7 Å². The fourth-order valence-electron chi connectivity index (χ4n) is 6.75. The number of halogens is 6. The monoisotopic (exact) mass is 658 g/mol. The maximum Gasteiger partial charge on any atom is 0.432 e. The number of methoxy groups -OCH3 is 2. The van der Waals surface area contributed by atoms with Crippen LogP contribution in [0, 0.1) is 11.3 Å².